The zero-order valence-electron chi connectivity index (χ0n) is 17.0. The third-order valence-corrected chi connectivity index (χ3v) is 5.47. The third-order valence-electron chi connectivity index (χ3n) is 5.47. The molecular weight excluding hydrogens is 423 g/mol. The summed E-state index contributed by atoms with van der Waals surface area (Å²) < 4.78 is 38.7. The summed E-state index contributed by atoms with van der Waals surface area (Å²) in [6.45, 7) is 2.79. The van der Waals surface area contributed by atoms with Crippen molar-refractivity contribution < 1.29 is 23.1 Å². The van der Waals surface area contributed by atoms with Gasteiger partial charge in [-0.05, 0) is 36.2 Å². The van der Waals surface area contributed by atoms with E-state index in [0.717, 1.165) is 29.1 Å². The Morgan fingerprint density at radius 3 is 2.56 bits per heavy atom. The summed E-state index contributed by atoms with van der Waals surface area (Å²) in [5.41, 5.74) is 1.76. The van der Waals surface area contributed by atoms with E-state index in [0.29, 0.717) is 19.3 Å². The maximum atomic E-state index is 12.9. The van der Waals surface area contributed by atoms with Gasteiger partial charge >= 0.3 is 6.18 Å². The van der Waals surface area contributed by atoms with Gasteiger partial charge in [0, 0.05) is 30.8 Å². The largest absolute Gasteiger partial charge is 0.417 e. The predicted molar refractivity (Wildman–Crippen MR) is 111 cm³/mol. The molecule has 1 aromatic carbocycles. The van der Waals surface area contributed by atoms with Crippen LogP contribution in [0.4, 0.5) is 24.5 Å². The Labute approximate surface area is 182 Å². The van der Waals surface area contributed by atoms with Gasteiger partial charge in [-0.25, -0.2) is 9.97 Å². The summed E-state index contributed by atoms with van der Waals surface area (Å²) in [6, 6.07) is 5.86. The smallest absolute Gasteiger partial charge is 0.391 e. The van der Waals surface area contributed by atoms with Crippen molar-refractivity contribution in [3.8, 4) is 0 Å². The first-order valence-electron chi connectivity index (χ1n) is 9.84. The van der Waals surface area contributed by atoms with E-state index in [2.05, 4.69) is 20.3 Å². The molecule has 2 atom stereocenters. The van der Waals surface area contributed by atoms with Crippen LogP contribution in [0.2, 0.25) is 0 Å². The van der Waals surface area contributed by atoms with Crippen LogP contribution < -0.4 is 10.2 Å². The maximum Gasteiger partial charge on any atom is 0.417 e. The van der Waals surface area contributed by atoms with Gasteiger partial charge in [-0.3, -0.25) is 9.78 Å². The highest BCUT2D eigenvalue weighted by Gasteiger charge is 2.34. The molecule has 10 heteroatoms. The van der Waals surface area contributed by atoms with Crippen molar-refractivity contribution in [3.05, 3.63) is 77.6 Å². The Bertz CT molecular complexity index is 1120. The first-order chi connectivity index (χ1) is 15.2. The van der Waals surface area contributed by atoms with Crippen LogP contribution >= 0.6 is 0 Å². The van der Waals surface area contributed by atoms with Gasteiger partial charge in [0.25, 0.3) is 5.91 Å². The van der Waals surface area contributed by atoms with E-state index in [1.54, 1.807) is 30.6 Å². The SMILES string of the molecule is Cc1ccc(C(=O)Nc2cncc(C(F)(F)F)c2)cc1C1CN(c2cncnc2)CC1O. The van der Waals surface area contributed by atoms with Gasteiger partial charge in [0.2, 0.25) is 0 Å². The van der Waals surface area contributed by atoms with Gasteiger partial charge in [0.15, 0.2) is 0 Å². The highest BCUT2D eigenvalue weighted by Crippen LogP contribution is 2.33. The van der Waals surface area contributed by atoms with Crippen LogP contribution in [0.25, 0.3) is 0 Å². The van der Waals surface area contributed by atoms with E-state index in [-0.39, 0.29) is 17.2 Å². The Hall–Kier alpha value is -3.53. The standard InChI is InChI=1S/C22H20F3N5O2/c1-13-2-3-14(21(32)29-16-5-15(6-26-7-16)22(23,24)25)4-18(13)19-10-30(11-20(19)31)17-8-27-12-28-9-17/h2-9,12,19-20,31H,10-11H2,1H3,(H,29,32). The number of anilines is 2. The van der Waals surface area contributed by atoms with Crippen LogP contribution in [-0.4, -0.2) is 45.2 Å². The molecule has 1 saturated heterocycles. The maximum absolute atomic E-state index is 12.9. The first kappa shape index (κ1) is 21.7. The molecule has 0 bridgehead atoms. The highest BCUT2D eigenvalue weighted by atomic mass is 19.4. The lowest BCUT2D eigenvalue weighted by molar-refractivity contribution is -0.137. The van der Waals surface area contributed by atoms with Crippen LogP contribution in [0.3, 0.4) is 0 Å². The second-order valence-corrected chi connectivity index (χ2v) is 7.66. The summed E-state index contributed by atoms with van der Waals surface area (Å²) in [5.74, 6) is -0.814. The van der Waals surface area contributed by atoms with Crippen molar-refractivity contribution in [2.75, 3.05) is 23.3 Å². The molecule has 3 aromatic rings. The summed E-state index contributed by atoms with van der Waals surface area (Å²) in [6.07, 6.45) is 1.40. The van der Waals surface area contributed by atoms with E-state index in [1.807, 2.05) is 11.8 Å². The minimum atomic E-state index is -4.56. The second-order valence-electron chi connectivity index (χ2n) is 7.66. The normalized spacial score (nSPS) is 18.6. The van der Waals surface area contributed by atoms with Crippen LogP contribution in [0.1, 0.15) is 33.0 Å². The van der Waals surface area contributed by atoms with Crippen molar-refractivity contribution in [2.24, 2.45) is 0 Å². The van der Waals surface area contributed by atoms with Crippen molar-refractivity contribution in [1.29, 1.82) is 0 Å². The number of hydrogen-bond donors (Lipinski definition) is 2. The van der Waals surface area contributed by atoms with E-state index < -0.39 is 23.8 Å². The number of carbonyl (C=O) groups is 1. The lowest BCUT2D eigenvalue weighted by Crippen LogP contribution is -2.21. The monoisotopic (exact) mass is 443 g/mol. The molecule has 0 spiro atoms. The molecule has 0 saturated carbocycles. The second kappa shape index (κ2) is 8.54. The number of nitrogens with one attached hydrogen (secondary N) is 1. The number of aliphatic hydroxyl groups is 1. The zero-order chi connectivity index (χ0) is 22.9. The number of alkyl halides is 3. The molecule has 0 aliphatic carbocycles. The molecule has 166 valence electrons. The number of halogens is 3. The number of pyridine rings is 1. The highest BCUT2D eigenvalue weighted by molar-refractivity contribution is 6.04. The molecule has 1 amide bonds. The lowest BCUT2D eigenvalue weighted by atomic mass is 9.90. The van der Waals surface area contributed by atoms with Crippen molar-refractivity contribution in [1.82, 2.24) is 15.0 Å². The molecule has 2 N–H and O–H groups in total. The number of carbonyl (C=O) groups excluding carboxylic acids is 1. The predicted octanol–water partition coefficient (Wildman–Crippen LogP) is 3.42. The number of benzene rings is 1. The average molecular weight is 443 g/mol. The fourth-order valence-electron chi connectivity index (χ4n) is 3.81. The van der Waals surface area contributed by atoms with Crippen LogP contribution in [0.15, 0.2) is 55.4 Å². The Balaban J connectivity index is 1.55. The molecule has 4 rings (SSSR count). The number of rotatable bonds is 4. The summed E-state index contributed by atoms with van der Waals surface area (Å²) in [7, 11) is 0. The van der Waals surface area contributed by atoms with Gasteiger partial charge in [0.05, 0.1) is 41.6 Å². The lowest BCUT2D eigenvalue weighted by Gasteiger charge is -2.19. The minimum absolute atomic E-state index is 0.0527. The number of aryl methyl sites for hydroxylation is 1. The Morgan fingerprint density at radius 1 is 1.09 bits per heavy atom. The molecule has 2 aromatic heterocycles. The van der Waals surface area contributed by atoms with Crippen LogP contribution in [0.5, 0.6) is 0 Å². The van der Waals surface area contributed by atoms with Gasteiger partial charge in [0.1, 0.15) is 6.33 Å². The number of aromatic nitrogens is 3. The molecule has 1 aliphatic heterocycles. The molecular formula is C22H20F3N5O2. The number of aliphatic hydroxyl groups excluding tert-OH is 1. The zero-order valence-corrected chi connectivity index (χ0v) is 17.0. The summed E-state index contributed by atoms with van der Waals surface area (Å²) in [5, 5.41) is 13.1. The molecule has 7 nitrogen and oxygen atoms in total. The van der Waals surface area contributed by atoms with Crippen LogP contribution in [0, 0.1) is 6.92 Å². The van der Waals surface area contributed by atoms with Gasteiger partial charge in [-0.15, -0.1) is 0 Å². The topological polar surface area (TPSA) is 91.2 Å². The molecule has 0 radical (unpaired) electrons. The minimum Gasteiger partial charge on any atom is -0.391 e. The Kier molecular flexibility index (Phi) is 5.79. The molecule has 3 heterocycles. The molecule has 2 unspecified atom stereocenters. The fourth-order valence-corrected chi connectivity index (χ4v) is 3.81. The van der Waals surface area contributed by atoms with Crippen molar-refractivity contribution in [3.63, 3.8) is 0 Å². The Morgan fingerprint density at radius 2 is 1.84 bits per heavy atom. The molecule has 32 heavy (non-hydrogen) atoms. The number of nitrogens with zero attached hydrogens (tertiary/aromatic N) is 4. The molecule has 1 aliphatic rings. The van der Waals surface area contributed by atoms with E-state index in [9.17, 15) is 23.1 Å². The van der Waals surface area contributed by atoms with Crippen molar-refractivity contribution >= 4 is 17.3 Å². The number of amides is 1. The van der Waals surface area contributed by atoms with Gasteiger partial charge < -0.3 is 15.3 Å². The number of hydrogen-bond acceptors (Lipinski definition) is 6. The number of β-amino-alcohol motifs (C(OH)–C–C–N with tert-alkyl or cyclic N) is 1. The van der Waals surface area contributed by atoms with E-state index in [1.165, 1.54) is 6.33 Å². The van der Waals surface area contributed by atoms with E-state index in [4.69, 9.17) is 0 Å². The summed E-state index contributed by atoms with van der Waals surface area (Å²) in [4.78, 5) is 26.2. The average Bonchev–Trinajstić information content (AvgIpc) is 3.15. The first-order valence-corrected chi connectivity index (χ1v) is 9.84. The third kappa shape index (κ3) is 4.54. The van der Waals surface area contributed by atoms with Gasteiger partial charge in [-0.2, -0.15) is 13.2 Å². The van der Waals surface area contributed by atoms with Crippen LogP contribution in [-0.2, 0) is 6.18 Å². The van der Waals surface area contributed by atoms with E-state index >= 15 is 0 Å². The fraction of sp³-hybridized carbons (Fsp3) is 0.273. The summed E-state index contributed by atoms with van der Waals surface area (Å²) >= 11 is 0. The molecule has 1 fully saturated rings. The quantitative estimate of drug-likeness (QED) is 0.642. The van der Waals surface area contributed by atoms with Crippen molar-refractivity contribution in [2.45, 2.75) is 25.1 Å². The van der Waals surface area contributed by atoms with Gasteiger partial charge in [-0.1, -0.05) is 6.07 Å².